The minimum atomic E-state index is 0.683. The lowest BCUT2D eigenvalue weighted by atomic mass is 10.2. The first-order chi connectivity index (χ1) is 9.86. The minimum Gasteiger partial charge on any atom is -0.494 e. The van der Waals surface area contributed by atoms with Gasteiger partial charge in [0.05, 0.1) is 12.3 Å². The predicted molar refractivity (Wildman–Crippen MR) is 82.0 cm³/mol. The van der Waals surface area contributed by atoms with Crippen LogP contribution in [-0.4, -0.2) is 16.6 Å². The molecule has 3 aromatic rings. The van der Waals surface area contributed by atoms with Gasteiger partial charge in [-0.05, 0) is 43.3 Å². The third-order valence-corrected chi connectivity index (χ3v) is 3.78. The molecule has 0 aliphatic carbocycles. The number of ether oxygens (including phenoxy) is 1. The zero-order valence-corrected chi connectivity index (χ0v) is 11.9. The van der Waals surface area contributed by atoms with Crippen LogP contribution in [-0.2, 0) is 0 Å². The molecule has 100 valence electrons. The van der Waals surface area contributed by atoms with Crippen molar-refractivity contribution in [2.45, 2.75) is 6.92 Å². The summed E-state index contributed by atoms with van der Waals surface area (Å²) in [6, 6.07) is 12.0. The highest BCUT2D eigenvalue weighted by Crippen LogP contribution is 2.29. The van der Waals surface area contributed by atoms with Gasteiger partial charge >= 0.3 is 0 Å². The highest BCUT2D eigenvalue weighted by atomic mass is 32.1. The molecule has 0 radical (unpaired) electrons. The number of hydrogen-bond acceptors (Lipinski definition) is 4. The molecule has 1 aromatic carbocycles. The fraction of sp³-hybridized carbons (Fsp3) is 0.125. The summed E-state index contributed by atoms with van der Waals surface area (Å²) in [5, 5.41) is 3.09. The van der Waals surface area contributed by atoms with E-state index in [-0.39, 0.29) is 0 Å². The third kappa shape index (κ3) is 2.70. The topological polar surface area (TPSA) is 35.0 Å². The summed E-state index contributed by atoms with van der Waals surface area (Å²) in [4.78, 5) is 8.70. The Morgan fingerprint density at radius 3 is 2.45 bits per heavy atom. The van der Waals surface area contributed by atoms with Crippen LogP contribution in [0.25, 0.3) is 21.8 Å². The second kappa shape index (κ2) is 5.84. The van der Waals surface area contributed by atoms with Crippen LogP contribution in [0.2, 0.25) is 0 Å². The van der Waals surface area contributed by atoms with Crippen LogP contribution in [0.15, 0.2) is 54.2 Å². The first-order valence-corrected chi connectivity index (χ1v) is 7.34. The number of rotatable bonds is 4. The molecule has 0 aliphatic rings. The molecule has 20 heavy (non-hydrogen) atoms. The third-order valence-electron chi connectivity index (χ3n) is 2.89. The van der Waals surface area contributed by atoms with E-state index in [2.05, 4.69) is 15.3 Å². The summed E-state index contributed by atoms with van der Waals surface area (Å²) in [7, 11) is 0. The molecule has 0 amide bonds. The first kappa shape index (κ1) is 12.8. The number of nitrogens with zero attached hydrogens (tertiary/aromatic N) is 2. The van der Waals surface area contributed by atoms with E-state index in [0.29, 0.717) is 6.61 Å². The highest BCUT2D eigenvalue weighted by molar-refractivity contribution is 7.13. The molecule has 4 heteroatoms. The molecule has 0 atom stereocenters. The Labute approximate surface area is 121 Å². The molecule has 0 unspecified atom stereocenters. The SMILES string of the molecule is CCOc1ccc(-c2csc(-c3ccncc3)n2)cc1. The van der Waals surface area contributed by atoms with Gasteiger partial charge in [0.25, 0.3) is 0 Å². The van der Waals surface area contributed by atoms with Crippen LogP contribution in [0, 0.1) is 0 Å². The van der Waals surface area contributed by atoms with Crippen LogP contribution in [0.3, 0.4) is 0 Å². The van der Waals surface area contributed by atoms with Gasteiger partial charge in [-0.25, -0.2) is 4.98 Å². The van der Waals surface area contributed by atoms with Crippen molar-refractivity contribution < 1.29 is 4.74 Å². The van der Waals surface area contributed by atoms with Crippen molar-refractivity contribution in [2.24, 2.45) is 0 Å². The molecule has 0 bridgehead atoms. The Kier molecular flexibility index (Phi) is 3.74. The number of aromatic nitrogens is 2. The Balaban J connectivity index is 1.86. The van der Waals surface area contributed by atoms with E-state index in [1.165, 1.54) is 0 Å². The maximum Gasteiger partial charge on any atom is 0.124 e. The van der Waals surface area contributed by atoms with Gasteiger partial charge < -0.3 is 4.74 Å². The number of benzene rings is 1. The van der Waals surface area contributed by atoms with Crippen molar-refractivity contribution in [3.05, 3.63) is 54.2 Å². The minimum absolute atomic E-state index is 0.683. The van der Waals surface area contributed by atoms with Gasteiger partial charge in [0.15, 0.2) is 0 Å². The Morgan fingerprint density at radius 2 is 1.75 bits per heavy atom. The molecule has 0 spiro atoms. The average molecular weight is 282 g/mol. The normalized spacial score (nSPS) is 10.4. The standard InChI is InChI=1S/C16H14N2OS/c1-2-19-14-5-3-12(4-6-14)15-11-20-16(18-15)13-7-9-17-10-8-13/h3-11H,2H2,1H3. The maximum absolute atomic E-state index is 5.45. The second-order valence-corrected chi connectivity index (χ2v) is 5.09. The van der Waals surface area contributed by atoms with Gasteiger partial charge in [0.1, 0.15) is 10.8 Å². The summed E-state index contributed by atoms with van der Waals surface area (Å²) < 4.78 is 5.45. The van der Waals surface area contributed by atoms with Crippen LogP contribution >= 0.6 is 11.3 Å². The molecule has 0 aliphatic heterocycles. The van der Waals surface area contributed by atoms with Gasteiger partial charge in [-0.2, -0.15) is 0 Å². The van der Waals surface area contributed by atoms with E-state index < -0.39 is 0 Å². The Morgan fingerprint density at radius 1 is 1.00 bits per heavy atom. The van der Waals surface area contributed by atoms with Crippen molar-refractivity contribution >= 4 is 11.3 Å². The zero-order chi connectivity index (χ0) is 13.8. The zero-order valence-electron chi connectivity index (χ0n) is 11.1. The van der Waals surface area contributed by atoms with Gasteiger partial charge in [0.2, 0.25) is 0 Å². The fourth-order valence-corrected chi connectivity index (χ4v) is 2.76. The van der Waals surface area contributed by atoms with Crippen molar-refractivity contribution in [1.29, 1.82) is 0 Å². The van der Waals surface area contributed by atoms with E-state index in [1.54, 1.807) is 23.7 Å². The van der Waals surface area contributed by atoms with E-state index in [0.717, 1.165) is 27.6 Å². The summed E-state index contributed by atoms with van der Waals surface area (Å²) in [5.41, 5.74) is 3.19. The molecule has 2 heterocycles. The lowest BCUT2D eigenvalue weighted by molar-refractivity contribution is 0.340. The Hall–Kier alpha value is -2.20. The number of thiazole rings is 1. The largest absolute Gasteiger partial charge is 0.494 e. The second-order valence-electron chi connectivity index (χ2n) is 4.23. The van der Waals surface area contributed by atoms with Crippen molar-refractivity contribution in [3.8, 4) is 27.6 Å². The molecule has 0 N–H and O–H groups in total. The van der Waals surface area contributed by atoms with E-state index in [4.69, 9.17) is 4.74 Å². The number of hydrogen-bond donors (Lipinski definition) is 0. The monoisotopic (exact) mass is 282 g/mol. The van der Waals surface area contributed by atoms with Gasteiger partial charge in [-0.15, -0.1) is 11.3 Å². The Bertz CT molecular complexity index is 677. The van der Waals surface area contributed by atoms with Crippen LogP contribution < -0.4 is 4.74 Å². The van der Waals surface area contributed by atoms with E-state index in [9.17, 15) is 0 Å². The fourth-order valence-electron chi connectivity index (χ4n) is 1.92. The lowest BCUT2D eigenvalue weighted by Gasteiger charge is -2.03. The van der Waals surface area contributed by atoms with Gasteiger partial charge in [-0.3, -0.25) is 4.98 Å². The predicted octanol–water partition coefficient (Wildman–Crippen LogP) is 4.27. The lowest BCUT2D eigenvalue weighted by Crippen LogP contribution is -1.90. The van der Waals surface area contributed by atoms with E-state index >= 15 is 0 Å². The van der Waals surface area contributed by atoms with Gasteiger partial charge in [0, 0.05) is 28.9 Å². The van der Waals surface area contributed by atoms with Crippen molar-refractivity contribution in [2.75, 3.05) is 6.61 Å². The number of pyridine rings is 1. The maximum atomic E-state index is 5.45. The van der Waals surface area contributed by atoms with Crippen LogP contribution in [0.5, 0.6) is 5.75 Å². The molecule has 0 saturated carbocycles. The summed E-state index contributed by atoms with van der Waals surface area (Å²) in [6.45, 7) is 2.66. The molecule has 2 aromatic heterocycles. The van der Waals surface area contributed by atoms with Crippen molar-refractivity contribution in [3.63, 3.8) is 0 Å². The smallest absolute Gasteiger partial charge is 0.124 e. The quantitative estimate of drug-likeness (QED) is 0.716. The average Bonchev–Trinajstić information content (AvgIpc) is 2.99. The summed E-state index contributed by atoms with van der Waals surface area (Å²) in [5.74, 6) is 0.890. The van der Waals surface area contributed by atoms with E-state index in [1.807, 2.05) is 43.3 Å². The molecule has 0 fully saturated rings. The highest BCUT2D eigenvalue weighted by Gasteiger charge is 2.06. The first-order valence-electron chi connectivity index (χ1n) is 6.46. The van der Waals surface area contributed by atoms with Gasteiger partial charge in [-0.1, -0.05) is 0 Å². The van der Waals surface area contributed by atoms with Crippen molar-refractivity contribution in [1.82, 2.24) is 9.97 Å². The summed E-state index contributed by atoms with van der Waals surface area (Å²) >= 11 is 1.64. The molecule has 0 saturated heterocycles. The summed E-state index contributed by atoms with van der Waals surface area (Å²) in [6.07, 6.45) is 3.57. The van der Waals surface area contributed by atoms with Crippen LogP contribution in [0.4, 0.5) is 0 Å². The molecular weight excluding hydrogens is 268 g/mol. The molecule has 3 nitrogen and oxygen atoms in total. The molecule has 3 rings (SSSR count). The van der Waals surface area contributed by atoms with Crippen LogP contribution in [0.1, 0.15) is 6.92 Å². The molecular formula is C16H14N2OS.